The topological polar surface area (TPSA) is 75.7 Å². The smallest absolute Gasteiger partial charge is 0.416 e. The highest BCUT2D eigenvalue weighted by Gasteiger charge is 2.42. The number of hydrogen-bond acceptors (Lipinski definition) is 4. The van der Waals surface area contributed by atoms with Gasteiger partial charge in [-0.3, -0.25) is 14.4 Å². The van der Waals surface area contributed by atoms with E-state index < -0.39 is 33.3 Å². The van der Waals surface area contributed by atoms with Crippen LogP contribution >= 0.6 is 0 Å². The van der Waals surface area contributed by atoms with Crippen LogP contribution in [0.2, 0.25) is 0 Å². The summed E-state index contributed by atoms with van der Waals surface area (Å²) in [5.41, 5.74) is -1.82. The van der Waals surface area contributed by atoms with E-state index in [1.807, 2.05) is 0 Å². The number of halogens is 3. The zero-order valence-electron chi connectivity index (χ0n) is 15.2. The van der Waals surface area contributed by atoms with Gasteiger partial charge in [-0.2, -0.15) is 13.2 Å². The third kappa shape index (κ3) is 3.91. The van der Waals surface area contributed by atoms with Crippen molar-refractivity contribution in [2.24, 2.45) is 0 Å². The van der Waals surface area contributed by atoms with E-state index in [4.69, 9.17) is 4.74 Å². The Balaban J connectivity index is 2.14. The molecule has 0 atom stereocenters. The number of hydrogen-bond donors (Lipinski definition) is 1. The zero-order valence-corrected chi connectivity index (χ0v) is 16.0. The van der Waals surface area contributed by atoms with Crippen LogP contribution in [0.4, 0.5) is 30.2 Å². The van der Waals surface area contributed by atoms with Crippen molar-refractivity contribution in [1.82, 2.24) is 0 Å². The van der Waals surface area contributed by atoms with Crippen LogP contribution in [0.15, 0.2) is 42.5 Å². The van der Waals surface area contributed by atoms with Gasteiger partial charge in [-0.05, 0) is 44.2 Å². The molecule has 0 aromatic heterocycles. The SMILES string of the molecule is CC1(C)Oc2cc(NS(C)(=O)=O)ccc2N(c2cccc(C(F)(F)F)c2)C1=O. The number of amides is 1. The van der Waals surface area contributed by atoms with Gasteiger partial charge in [0.25, 0.3) is 5.91 Å². The lowest BCUT2D eigenvalue weighted by Crippen LogP contribution is -2.50. The monoisotopic (exact) mass is 414 g/mol. The fraction of sp³-hybridized carbons (Fsp3) is 0.278. The molecule has 0 bridgehead atoms. The van der Waals surface area contributed by atoms with Gasteiger partial charge in [-0.15, -0.1) is 0 Å². The van der Waals surface area contributed by atoms with Gasteiger partial charge in [0.1, 0.15) is 5.75 Å². The highest BCUT2D eigenvalue weighted by atomic mass is 32.2. The first kappa shape index (κ1) is 20.0. The molecule has 3 rings (SSSR count). The second-order valence-corrected chi connectivity index (χ2v) is 8.61. The van der Waals surface area contributed by atoms with Crippen molar-refractivity contribution in [3.05, 3.63) is 48.0 Å². The minimum absolute atomic E-state index is 0.0290. The first-order valence-electron chi connectivity index (χ1n) is 8.11. The highest BCUT2D eigenvalue weighted by Crippen LogP contribution is 2.44. The Morgan fingerprint density at radius 3 is 2.39 bits per heavy atom. The maximum atomic E-state index is 13.1. The molecule has 0 aliphatic carbocycles. The number of sulfonamides is 1. The Bertz CT molecular complexity index is 1050. The average molecular weight is 414 g/mol. The molecule has 0 fully saturated rings. The summed E-state index contributed by atoms with van der Waals surface area (Å²) in [5, 5.41) is 0. The summed E-state index contributed by atoms with van der Waals surface area (Å²) in [6, 6.07) is 8.59. The third-order valence-electron chi connectivity index (χ3n) is 4.02. The molecule has 0 radical (unpaired) electrons. The molecule has 28 heavy (non-hydrogen) atoms. The molecular weight excluding hydrogens is 397 g/mol. The molecule has 1 amide bonds. The van der Waals surface area contributed by atoms with Crippen molar-refractivity contribution in [3.63, 3.8) is 0 Å². The van der Waals surface area contributed by atoms with Gasteiger partial charge in [-0.25, -0.2) is 8.42 Å². The van der Waals surface area contributed by atoms with Crippen molar-refractivity contribution < 1.29 is 31.1 Å². The summed E-state index contributed by atoms with van der Waals surface area (Å²) < 4.78 is 70.2. The highest BCUT2D eigenvalue weighted by molar-refractivity contribution is 7.92. The lowest BCUT2D eigenvalue weighted by Gasteiger charge is -2.39. The van der Waals surface area contributed by atoms with E-state index in [-0.39, 0.29) is 22.8 Å². The number of benzene rings is 2. The van der Waals surface area contributed by atoms with Gasteiger partial charge < -0.3 is 4.74 Å². The molecule has 10 heteroatoms. The molecule has 2 aromatic carbocycles. The van der Waals surface area contributed by atoms with Crippen molar-refractivity contribution in [2.75, 3.05) is 15.9 Å². The Labute approximate surface area is 160 Å². The standard InChI is InChI=1S/C18H17F3N2O4S/c1-17(2)16(24)23(13-6-4-5-11(9-13)18(19,20)21)14-8-7-12(10-15(14)27-17)22-28(3,25)26/h4-10,22H,1-3H3. The molecule has 150 valence electrons. The number of carbonyl (C=O) groups is 1. The summed E-state index contributed by atoms with van der Waals surface area (Å²) in [5.74, 6) is -0.390. The van der Waals surface area contributed by atoms with E-state index in [2.05, 4.69) is 4.72 Å². The van der Waals surface area contributed by atoms with Gasteiger partial charge >= 0.3 is 6.18 Å². The summed E-state index contributed by atoms with van der Waals surface area (Å²) in [6.45, 7) is 2.96. The Kier molecular flexibility index (Phi) is 4.57. The van der Waals surface area contributed by atoms with Crippen LogP contribution < -0.4 is 14.4 Å². The molecular formula is C18H17F3N2O4S. The zero-order chi connectivity index (χ0) is 20.9. The Morgan fingerprint density at radius 1 is 1.11 bits per heavy atom. The van der Waals surface area contributed by atoms with Crippen LogP contribution in [0.5, 0.6) is 5.75 Å². The molecule has 0 saturated carbocycles. The largest absolute Gasteiger partial charge is 0.476 e. The normalized spacial score (nSPS) is 16.4. The van der Waals surface area contributed by atoms with E-state index in [9.17, 15) is 26.4 Å². The summed E-state index contributed by atoms with van der Waals surface area (Å²) in [7, 11) is -3.54. The Morgan fingerprint density at radius 2 is 1.79 bits per heavy atom. The van der Waals surface area contributed by atoms with Gasteiger partial charge in [-0.1, -0.05) is 6.07 Å². The van der Waals surface area contributed by atoms with E-state index in [0.717, 1.165) is 23.3 Å². The van der Waals surface area contributed by atoms with Crippen LogP contribution in [-0.4, -0.2) is 26.2 Å². The number of ether oxygens (including phenoxy) is 1. The second-order valence-electron chi connectivity index (χ2n) is 6.86. The number of fused-ring (bicyclic) bond motifs is 1. The van der Waals surface area contributed by atoms with Crippen LogP contribution in [-0.2, 0) is 21.0 Å². The van der Waals surface area contributed by atoms with Crippen molar-refractivity contribution >= 4 is 33.0 Å². The van der Waals surface area contributed by atoms with Gasteiger partial charge in [0.2, 0.25) is 10.0 Å². The molecule has 0 unspecified atom stereocenters. The lowest BCUT2D eigenvalue weighted by atomic mass is 10.0. The molecule has 6 nitrogen and oxygen atoms in total. The van der Waals surface area contributed by atoms with Crippen molar-refractivity contribution in [3.8, 4) is 5.75 Å². The van der Waals surface area contributed by atoms with E-state index in [1.165, 1.54) is 44.2 Å². The predicted octanol–water partition coefficient (Wildman–Crippen LogP) is 3.91. The first-order chi connectivity index (χ1) is 12.8. The minimum atomic E-state index is -4.56. The number of rotatable bonds is 3. The third-order valence-corrected chi connectivity index (χ3v) is 4.63. The Hall–Kier alpha value is -2.75. The van der Waals surface area contributed by atoms with E-state index in [1.54, 1.807) is 0 Å². The number of carbonyl (C=O) groups excluding carboxylic acids is 1. The summed E-state index contributed by atoms with van der Waals surface area (Å²) in [4.78, 5) is 14.0. The van der Waals surface area contributed by atoms with Crippen LogP contribution in [0.3, 0.4) is 0 Å². The number of nitrogens with one attached hydrogen (secondary N) is 1. The minimum Gasteiger partial charge on any atom is -0.476 e. The molecule has 0 spiro atoms. The maximum absolute atomic E-state index is 13.1. The van der Waals surface area contributed by atoms with Crippen molar-refractivity contribution in [1.29, 1.82) is 0 Å². The maximum Gasteiger partial charge on any atom is 0.416 e. The van der Waals surface area contributed by atoms with E-state index >= 15 is 0 Å². The molecule has 1 aliphatic rings. The molecule has 2 aromatic rings. The summed E-state index contributed by atoms with van der Waals surface area (Å²) in [6.07, 6.45) is -3.58. The number of alkyl halides is 3. The fourth-order valence-corrected chi connectivity index (χ4v) is 3.39. The second kappa shape index (κ2) is 6.40. The quantitative estimate of drug-likeness (QED) is 0.826. The number of anilines is 3. The molecule has 1 heterocycles. The van der Waals surface area contributed by atoms with E-state index in [0.29, 0.717) is 0 Å². The van der Waals surface area contributed by atoms with Crippen molar-refractivity contribution in [2.45, 2.75) is 25.6 Å². The van der Waals surface area contributed by atoms with Gasteiger partial charge in [0, 0.05) is 11.8 Å². The van der Waals surface area contributed by atoms with Crippen LogP contribution in [0.1, 0.15) is 19.4 Å². The summed E-state index contributed by atoms with van der Waals surface area (Å²) >= 11 is 0. The van der Waals surface area contributed by atoms with Gasteiger partial charge in [0.15, 0.2) is 5.60 Å². The lowest BCUT2D eigenvalue weighted by molar-refractivity contribution is -0.137. The first-order valence-corrected chi connectivity index (χ1v) is 10.00. The average Bonchev–Trinajstić information content (AvgIpc) is 2.54. The van der Waals surface area contributed by atoms with Crippen LogP contribution in [0, 0.1) is 0 Å². The molecule has 0 saturated heterocycles. The fourth-order valence-electron chi connectivity index (χ4n) is 2.83. The van der Waals surface area contributed by atoms with Gasteiger partial charge in [0.05, 0.1) is 23.2 Å². The molecule has 1 aliphatic heterocycles. The number of nitrogens with zero attached hydrogens (tertiary/aromatic N) is 1. The predicted molar refractivity (Wildman–Crippen MR) is 98.2 cm³/mol. The molecule has 1 N–H and O–H groups in total. The van der Waals surface area contributed by atoms with Crippen LogP contribution in [0.25, 0.3) is 0 Å².